The van der Waals surface area contributed by atoms with Crippen molar-refractivity contribution in [1.82, 2.24) is 24.9 Å². The fourth-order valence-electron chi connectivity index (χ4n) is 3.06. The molecule has 7 heteroatoms. The summed E-state index contributed by atoms with van der Waals surface area (Å²) in [5.41, 5.74) is 1.59. The molecular weight excluding hydrogens is 294 g/mol. The molecule has 0 aliphatic carbocycles. The summed E-state index contributed by atoms with van der Waals surface area (Å²) >= 11 is 0. The number of piperidine rings is 1. The van der Waals surface area contributed by atoms with Gasteiger partial charge in [-0.2, -0.15) is 10.2 Å². The van der Waals surface area contributed by atoms with Gasteiger partial charge in [-0.15, -0.1) is 0 Å². The van der Waals surface area contributed by atoms with Crippen molar-refractivity contribution in [3.63, 3.8) is 0 Å². The number of amides is 1. The van der Waals surface area contributed by atoms with Crippen molar-refractivity contribution in [3.05, 3.63) is 46.1 Å². The minimum absolute atomic E-state index is 0.0112. The van der Waals surface area contributed by atoms with E-state index >= 15 is 0 Å². The monoisotopic (exact) mass is 315 g/mol. The van der Waals surface area contributed by atoms with E-state index < -0.39 is 0 Å². The number of aromatic amines is 1. The van der Waals surface area contributed by atoms with E-state index in [1.54, 1.807) is 12.3 Å². The smallest absolute Gasteiger partial charge is 0.267 e. The van der Waals surface area contributed by atoms with Gasteiger partial charge >= 0.3 is 0 Å². The summed E-state index contributed by atoms with van der Waals surface area (Å²) in [6, 6.07) is 5.08. The third-order valence-corrected chi connectivity index (χ3v) is 4.22. The third kappa shape index (κ3) is 3.85. The van der Waals surface area contributed by atoms with Gasteiger partial charge in [0.2, 0.25) is 5.91 Å². The maximum Gasteiger partial charge on any atom is 0.267 e. The molecule has 0 radical (unpaired) electrons. The van der Waals surface area contributed by atoms with E-state index in [0.29, 0.717) is 5.92 Å². The van der Waals surface area contributed by atoms with Crippen molar-refractivity contribution in [1.29, 1.82) is 0 Å². The number of rotatable bonds is 4. The van der Waals surface area contributed by atoms with E-state index in [1.165, 1.54) is 10.7 Å². The molecule has 3 heterocycles. The average Bonchev–Trinajstić information content (AvgIpc) is 3.04. The highest BCUT2D eigenvalue weighted by atomic mass is 16.2. The predicted molar refractivity (Wildman–Crippen MR) is 84.8 cm³/mol. The fraction of sp³-hybridized carbons (Fsp3) is 0.500. The minimum atomic E-state index is -0.241. The first-order valence-corrected chi connectivity index (χ1v) is 7.92. The number of nitrogens with zero attached hydrogens (tertiary/aromatic N) is 4. The van der Waals surface area contributed by atoms with Gasteiger partial charge in [0.05, 0.1) is 5.69 Å². The Morgan fingerprint density at radius 2 is 2.26 bits per heavy atom. The SMILES string of the molecule is Cc1ccc(=O)n(CC(=O)N2CCC[C@@H](Cc3ccn[nH]3)C2)n1. The molecule has 3 rings (SSSR count). The molecule has 0 aromatic carbocycles. The zero-order valence-corrected chi connectivity index (χ0v) is 13.2. The first-order valence-electron chi connectivity index (χ1n) is 7.92. The van der Waals surface area contributed by atoms with Crippen LogP contribution in [0.2, 0.25) is 0 Å². The average molecular weight is 315 g/mol. The molecule has 1 aliphatic rings. The van der Waals surface area contributed by atoms with Crippen molar-refractivity contribution in [2.45, 2.75) is 32.7 Å². The molecule has 1 fully saturated rings. The van der Waals surface area contributed by atoms with Crippen molar-refractivity contribution >= 4 is 5.91 Å². The van der Waals surface area contributed by atoms with Crippen LogP contribution in [-0.4, -0.2) is 43.9 Å². The van der Waals surface area contributed by atoms with E-state index in [-0.39, 0.29) is 18.0 Å². The first-order chi connectivity index (χ1) is 11.1. The van der Waals surface area contributed by atoms with Crippen LogP contribution < -0.4 is 5.56 Å². The van der Waals surface area contributed by atoms with E-state index in [4.69, 9.17) is 0 Å². The Labute approximate surface area is 134 Å². The molecule has 2 aromatic rings. The topological polar surface area (TPSA) is 83.9 Å². The van der Waals surface area contributed by atoms with Crippen LogP contribution in [0, 0.1) is 12.8 Å². The highest BCUT2D eigenvalue weighted by Crippen LogP contribution is 2.20. The summed E-state index contributed by atoms with van der Waals surface area (Å²) in [5.74, 6) is 0.384. The van der Waals surface area contributed by atoms with Crippen LogP contribution in [-0.2, 0) is 17.8 Å². The lowest BCUT2D eigenvalue weighted by molar-refractivity contribution is -0.133. The van der Waals surface area contributed by atoms with Gasteiger partial charge in [0.1, 0.15) is 6.54 Å². The quantitative estimate of drug-likeness (QED) is 0.902. The summed E-state index contributed by atoms with van der Waals surface area (Å²) in [5, 5.41) is 11.1. The maximum atomic E-state index is 12.5. The van der Waals surface area contributed by atoms with Gasteiger partial charge in [-0.25, -0.2) is 4.68 Å². The highest BCUT2D eigenvalue weighted by molar-refractivity contribution is 5.76. The van der Waals surface area contributed by atoms with Gasteiger partial charge in [0.15, 0.2) is 0 Å². The van der Waals surface area contributed by atoms with Crippen LogP contribution in [0.1, 0.15) is 24.2 Å². The number of nitrogens with one attached hydrogen (secondary N) is 1. The van der Waals surface area contributed by atoms with Crippen molar-refractivity contribution < 1.29 is 4.79 Å². The van der Waals surface area contributed by atoms with Crippen LogP contribution in [0.15, 0.2) is 29.2 Å². The second-order valence-corrected chi connectivity index (χ2v) is 6.10. The predicted octanol–water partition coefficient (Wildman–Crippen LogP) is 0.756. The molecular formula is C16H21N5O2. The summed E-state index contributed by atoms with van der Waals surface area (Å²) in [6.45, 7) is 3.29. The Bertz CT molecular complexity index is 722. The molecule has 0 unspecified atom stereocenters. The number of carbonyl (C=O) groups is 1. The van der Waals surface area contributed by atoms with Crippen LogP contribution in [0.3, 0.4) is 0 Å². The molecule has 7 nitrogen and oxygen atoms in total. The summed E-state index contributed by atoms with van der Waals surface area (Å²) in [4.78, 5) is 26.1. The van der Waals surface area contributed by atoms with Gasteiger partial charge in [0, 0.05) is 31.0 Å². The van der Waals surface area contributed by atoms with Gasteiger partial charge in [-0.3, -0.25) is 14.7 Å². The second kappa shape index (κ2) is 6.76. The Hall–Kier alpha value is -2.44. The molecule has 0 spiro atoms. The lowest BCUT2D eigenvalue weighted by Gasteiger charge is -2.32. The number of carbonyl (C=O) groups excluding carboxylic acids is 1. The molecule has 0 bridgehead atoms. The molecule has 122 valence electrons. The largest absolute Gasteiger partial charge is 0.341 e. The van der Waals surface area contributed by atoms with Crippen molar-refractivity contribution in [2.24, 2.45) is 5.92 Å². The normalized spacial score (nSPS) is 18.1. The number of hydrogen-bond donors (Lipinski definition) is 1. The molecule has 1 N–H and O–H groups in total. The van der Waals surface area contributed by atoms with Crippen LogP contribution in [0.5, 0.6) is 0 Å². The zero-order chi connectivity index (χ0) is 16.2. The number of hydrogen-bond acceptors (Lipinski definition) is 4. The van der Waals surface area contributed by atoms with Crippen molar-refractivity contribution in [2.75, 3.05) is 13.1 Å². The Morgan fingerprint density at radius 3 is 3.04 bits per heavy atom. The number of likely N-dealkylation sites (tertiary alicyclic amines) is 1. The summed E-state index contributed by atoms with van der Waals surface area (Å²) in [6.07, 6.45) is 4.73. The lowest BCUT2D eigenvalue weighted by Crippen LogP contribution is -2.43. The van der Waals surface area contributed by atoms with E-state index in [9.17, 15) is 9.59 Å². The maximum absolute atomic E-state index is 12.5. The molecule has 1 atom stereocenters. The number of aryl methyl sites for hydroxylation is 1. The molecule has 1 amide bonds. The van der Waals surface area contributed by atoms with Crippen LogP contribution >= 0.6 is 0 Å². The third-order valence-electron chi connectivity index (χ3n) is 4.22. The second-order valence-electron chi connectivity index (χ2n) is 6.10. The Morgan fingerprint density at radius 1 is 1.39 bits per heavy atom. The lowest BCUT2D eigenvalue weighted by atomic mass is 9.93. The Kier molecular flexibility index (Phi) is 4.55. The molecule has 1 saturated heterocycles. The summed E-state index contributed by atoms with van der Waals surface area (Å²) < 4.78 is 1.25. The number of aromatic nitrogens is 4. The standard InChI is InChI=1S/C16H21N5O2/c1-12-4-5-15(22)21(19-12)11-16(23)20-8-2-3-13(10-20)9-14-6-7-17-18-14/h4-7,13H,2-3,8-11H2,1H3,(H,17,18)/t13-/m0/s1. The summed E-state index contributed by atoms with van der Waals surface area (Å²) in [7, 11) is 0. The van der Waals surface area contributed by atoms with Gasteiger partial charge < -0.3 is 4.90 Å². The minimum Gasteiger partial charge on any atom is -0.341 e. The zero-order valence-electron chi connectivity index (χ0n) is 13.2. The van der Waals surface area contributed by atoms with Gasteiger partial charge in [-0.1, -0.05) is 0 Å². The van der Waals surface area contributed by atoms with E-state index in [0.717, 1.165) is 43.7 Å². The fourth-order valence-corrected chi connectivity index (χ4v) is 3.06. The molecule has 0 saturated carbocycles. The van der Waals surface area contributed by atoms with Crippen molar-refractivity contribution in [3.8, 4) is 0 Å². The molecule has 1 aliphatic heterocycles. The first kappa shape index (κ1) is 15.5. The van der Waals surface area contributed by atoms with Crippen LogP contribution in [0.4, 0.5) is 0 Å². The Balaban J connectivity index is 1.62. The van der Waals surface area contributed by atoms with Gasteiger partial charge in [-0.05, 0) is 44.2 Å². The molecule has 2 aromatic heterocycles. The molecule has 23 heavy (non-hydrogen) atoms. The number of H-pyrrole nitrogens is 1. The van der Waals surface area contributed by atoms with E-state index in [2.05, 4.69) is 15.3 Å². The van der Waals surface area contributed by atoms with E-state index in [1.807, 2.05) is 17.9 Å². The van der Waals surface area contributed by atoms with Gasteiger partial charge in [0.25, 0.3) is 5.56 Å². The highest BCUT2D eigenvalue weighted by Gasteiger charge is 2.24. The van der Waals surface area contributed by atoms with Crippen LogP contribution in [0.25, 0.3) is 0 Å².